The number of benzene rings is 1. The molecule has 1 saturated heterocycles. The van der Waals surface area contributed by atoms with Crippen molar-refractivity contribution in [3.05, 3.63) is 22.7 Å². The van der Waals surface area contributed by atoms with Crippen LogP contribution in [0.4, 0.5) is 5.69 Å². The lowest BCUT2D eigenvalue weighted by atomic mass is 10.1. The van der Waals surface area contributed by atoms with Crippen LogP contribution in [0, 0.1) is 0 Å². The lowest BCUT2D eigenvalue weighted by molar-refractivity contribution is 0.248. The number of piperidine rings is 1. The summed E-state index contributed by atoms with van der Waals surface area (Å²) in [6.07, 6.45) is 1.67. The van der Waals surface area contributed by atoms with E-state index in [0.717, 1.165) is 25.9 Å². The highest BCUT2D eigenvalue weighted by Crippen LogP contribution is 2.25. The first-order valence-corrected chi connectivity index (χ1v) is 8.42. The van der Waals surface area contributed by atoms with Gasteiger partial charge in [-0.25, -0.2) is 13.1 Å². The largest absolute Gasteiger partial charge is 0.399 e. The van der Waals surface area contributed by atoms with Crippen molar-refractivity contribution >= 4 is 31.6 Å². The fourth-order valence-electron chi connectivity index (χ4n) is 2.14. The predicted molar refractivity (Wildman–Crippen MR) is 79.4 cm³/mol. The number of anilines is 1. The first kappa shape index (κ1) is 14.8. The highest BCUT2D eigenvalue weighted by molar-refractivity contribution is 9.10. The Balaban J connectivity index is 2.14. The molecular weight excluding hydrogens is 330 g/mol. The van der Waals surface area contributed by atoms with Gasteiger partial charge in [-0.2, -0.15) is 0 Å². The number of halogens is 1. The summed E-state index contributed by atoms with van der Waals surface area (Å²) >= 11 is 3.25. The first-order valence-electron chi connectivity index (χ1n) is 6.14. The molecular formula is C12H18BrN3O2S. The maximum absolute atomic E-state index is 12.3. The third-order valence-electron chi connectivity index (χ3n) is 3.29. The molecule has 0 amide bonds. The quantitative estimate of drug-likeness (QED) is 0.810. The molecule has 7 heteroatoms. The molecule has 1 aliphatic rings. The van der Waals surface area contributed by atoms with Crippen molar-refractivity contribution in [2.24, 2.45) is 0 Å². The standard InChI is InChI=1S/C12H18BrN3O2S/c1-16-6-4-10(5-7-16)15-19(17,18)12-3-2-9(14)8-11(12)13/h2-3,8,10,15H,4-7,14H2,1H3. The number of sulfonamides is 1. The predicted octanol–water partition coefficient (Wildman–Crippen LogP) is 1.40. The van der Waals surface area contributed by atoms with E-state index in [0.29, 0.717) is 10.2 Å². The number of rotatable bonds is 3. The number of hydrogen-bond acceptors (Lipinski definition) is 4. The van der Waals surface area contributed by atoms with E-state index < -0.39 is 10.0 Å². The van der Waals surface area contributed by atoms with Crippen LogP contribution in [0.3, 0.4) is 0 Å². The van der Waals surface area contributed by atoms with E-state index >= 15 is 0 Å². The van der Waals surface area contributed by atoms with Crippen molar-refractivity contribution in [3.63, 3.8) is 0 Å². The van der Waals surface area contributed by atoms with Crippen molar-refractivity contribution in [1.82, 2.24) is 9.62 Å². The van der Waals surface area contributed by atoms with Crippen LogP contribution < -0.4 is 10.5 Å². The zero-order valence-corrected chi connectivity index (χ0v) is 13.2. The number of nitrogens with two attached hydrogens (primary N) is 1. The maximum atomic E-state index is 12.3. The van der Waals surface area contributed by atoms with Crippen LogP contribution in [-0.4, -0.2) is 39.5 Å². The fourth-order valence-corrected chi connectivity index (χ4v) is 4.54. The van der Waals surface area contributed by atoms with Gasteiger partial charge in [0.15, 0.2) is 0 Å². The lowest BCUT2D eigenvalue weighted by Crippen LogP contribution is -2.43. The third-order valence-corrected chi connectivity index (χ3v) is 5.78. The van der Waals surface area contributed by atoms with E-state index in [9.17, 15) is 8.42 Å². The molecule has 1 fully saturated rings. The molecule has 0 spiro atoms. The molecule has 3 N–H and O–H groups in total. The third kappa shape index (κ3) is 3.68. The minimum atomic E-state index is -3.50. The summed E-state index contributed by atoms with van der Waals surface area (Å²) in [4.78, 5) is 2.44. The Kier molecular flexibility index (Phi) is 4.50. The molecule has 0 atom stereocenters. The van der Waals surface area contributed by atoms with Gasteiger partial charge < -0.3 is 10.6 Å². The van der Waals surface area contributed by atoms with Gasteiger partial charge in [-0.05, 0) is 67.1 Å². The summed E-state index contributed by atoms with van der Waals surface area (Å²) in [5.74, 6) is 0. The molecule has 0 radical (unpaired) electrons. The fraction of sp³-hybridized carbons (Fsp3) is 0.500. The van der Waals surface area contributed by atoms with Crippen LogP contribution in [0.15, 0.2) is 27.6 Å². The average Bonchev–Trinajstić information content (AvgIpc) is 2.31. The zero-order valence-electron chi connectivity index (χ0n) is 10.8. The first-order chi connectivity index (χ1) is 8.88. The van der Waals surface area contributed by atoms with Crippen LogP contribution in [0.1, 0.15) is 12.8 Å². The number of nitrogens with one attached hydrogen (secondary N) is 1. The highest BCUT2D eigenvalue weighted by atomic mass is 79.9. The summed E-state index contributed by atoms with van der Waals surface area (Å²) in [7, 11) is -1.45. The van der Waals surface area contributed by atoms with Crippen molar-refractivity contribution in [2.45, 2.75) is 23.8 Å². The lowest BCUT2D eigenvalue weighted by Gasteiger charge is -2.29. The number of hydrogen-bond donors (Lipinski definition) is 2. The van der Waals surface area contributed by atoms with Crippen LogP contribution in [0.2, 0.25) is 0 Å². The molecule has 5 nitrogen and oxygen atoms in total. The van der Waals surface area contributed by atoms with Gasteiger partial charge >= 0.3 is 0 Å². The van der Waals surface area contributed by atoms with E-state index in [1.807, 2.05) is 7.05 Å². The normalized spacial score (nSPS) is 18.6. The van der Waals surface area contributed by atoms with Crippen LogP contribution in [0.5, 0.6) is 0 Å². The van der Waals surface area contributed by atoms with Gasteiger partial charge in [-0.1, -0.05) is 0 Å². The van der Waals surface area contributed by atoms with Crippen molar-refractivity contribution in [1.29, 1.82) is 0 Å². The van der Waals surface area contributed by atoms with Gasteiger partial charge in [-0.15, -0.1) is 0 Å². The molecule has 0 aromatic heterocycles. The number of nitrogen functional groups attached to an aromatic ring is 1. The Bertz CT molecular complexity index is 554. The highest BCUT2D eigenvalue weighted by Gasteiger charge is 2.24. The van der Waals surface area contributed by atoms with Crippen molar-refractivity contribution < 1.29 is 8.42 Å². The molecule has 19 heavy (non-hydrogen) atoms. The summed E-state index contributed by atoms with van der Waals surface area (Å²) in [6.45, 7) is 1.83. The van der Waals surface area contributed by atoms with Gasteiger partial charge in [0.05, 0.1) is 4.90 Å². The molecule has 1 aromatic rings. The molecule has 2 rings (SSSR count). The van der Waals surface area contributed by atoms with E-state index in [-0.39, 0.29) is 10.9 Å². The van der Waals surface area contributed by atoms with Gasteiger partial charge in [0.2, 0.25) is 10.0 Å². The Morgan fingerprint density at radius 3 is 2.58 bits per heavy atom. The molecule has 1 heterocycles. The molecule has 0 bridgehead atoms. The van der Waals surface area contributed by atoms with Gasteiger partial charge in [-0.3, -0.25) is 0 Å². The molecule has 1 aromatic carbocycles. The molecule has 106 valence electrons. The summed E-state index contributed by atoms with van der Waals surface area (Å²) in [5, 5.41) is 0. The van der Waals surface area contributed by atoms with Crippen LogP contribution >= 0.6 is 15.9 Å². The topological polar surface area (TPSA) is 75.4 Å². The Morgan fingerprint density at radius 2 is 2.00 bits per heavy atom. The molecule has 0 unspecified atom stereocenters. The minimum absolute atomic E-state index is 0.00523. The molecule has 0 saturated carbocycles. The maximum Gasteiger partial charge on any atom is 0.241 e. The SMILES string of the molecule is CN1CCC(NS(=O)(=O)c2ccc(N)cc2Br)CC1. The molecule has 0 aliphatic carbocycles. The van der Waals surface area contributed by atoms with Crippen LogP contribution in [-0.2, 0) is 10.0 Å². The van der Waals surface area contributed by atoms with E-state index in [1.165, 1.54) is 6.07 Å². The molecule has 1 aliphatic heterocycles. The summed E-state index contributed by atoms with van der Waals surface area (Å²) in [6, 6.07) is 4.72. The monoisotopic (exact) mass is 347 g/mol. The van der Waals surface area contributed by atoms with Crippen LogP contribution in [0.25, 0.3) is 0 Å². The average molecular weight is 348 g/mol. The Morgan fingerprint density at radius 1 is 1.37 bits per heavy atom. The van der Waals surface area contributed by atoms with E-state index in [4.69, 9.17) is 5.73 Å². The van der Waals surface area contributed by atoms with Gasteiger partial charge in [0.25, 0.3) is 0 Å². The van der Waals surface area contributed by atoms with Gasteiger partial charge in [0, 0.05) is 16.2 Å². The minimum Gasteiger partial charge on any atom is -0.399 e. The van der Waals surface area contributed by atoms with Crippen molar-refractivity contribution in [3.8, 4) is 0 Å². The second-order valence-electron chi connectivity index (χ2n) is 4.89. The number of nitrogens with zero attached hydrogens (tertiary/aromatic N) is 1. The Labute approximate surface area is 122 Å². The Hall–Kier alpha value is -0.630. The van der Waals surface area contributed by atoms with Gasteiger partial charge in [0.1, 0.15) is 0 Å². The zero-order chi connectivity index (χ0) is 14.0. The van der Waals surface area contributed by atoms with E-state index in [1.54, 1.807) is 12.1 Å². The second-order valence-corrected chi connectivity index (χ2v) is 7.43. The second kappa shape index (κ2) is 5.78. The summed E-state index contributed by atoms with van der Waals surface area (Å²) in [5.41, 5.74) is 6.15. The van der Waals surface area contributed by atoms with Crippen molar-refractivity contribution in [2.75, 3.05) is 25.9 Å². The number of likely N-dealkylation sites (tertiary alicyclic amines) is 1. The van der Waals surface area contributed by atoms with E-state index in [2.05, 4.69) is 25.6 Å². The smallest absolute Gasteiger partial charge is 0.241 e. The summed E-state index contributed by atoms with van der Waals surface area (Å²) < 4.78 is 27.9.